The highest BCUT2D eigenvalue weighted by Gasteiger charge is 2.19. The molecule has 0 amide bonds. The Labute approximate surface area is 118 Å². The van der Waals surface area contributed by atoms with Crippen LogP contribution in [0.3, 0.4) is 0 Å². The van der Waals surface area contributed by atoms with Crippen LogP contribution in [0.15, 0.2) is 21.4 Å². The fourth-order valence-corrected chi connectivity index (χ4v) is 3.19. The van der Waals surface area contributed by atoms with Crippen molar-refractivity contribution >= 4 is 38.9 Å². The minimum atomic E-state index is -0.223. The molecule has 0 aliphatic carbocycles. The molecule has 0 fully saturated rings. The Balaban J connectivity index is 2.35. The molecule has 6 heteroatoms. The molecule has 0 aliphatic heterocycles. The number of nitrogens with zero attached hydrogens (tertiary/aromatic N) is 2. The first kappa shape index (κ1) is 13.1. The average Bonchev–Trinajstić information content (AvgIpc) is 2.86. The first-order valence-corrected chi connectivity index (χ1v) is 7.39. The lowest BCUT2D eigenvalue weighted by Crippen LogP contribution is -2.17. The van der Waals surface area contributed by atoms with Crippen LogP contribution in [0.2, 0.25) is 5.02 Å². The summed E-state index contributed by atoms with van der Waals surface area (Å²) in [5, 5.41) is 6.92. The minimum Gasteiger partial charge on any atom is -0.319 e. The molecular formula is C11H13BrClN3S. The van der Waals surface area contributed by atoms with Crippen LogP contribution in [0.5, 0.6) is 0 Å². The predicted octanol–water partition coefficient (Wildman–Crippen LogP) is 3.82. The van der Waals surface area contributed by atoms with Gasteiger partial charge in [0.1, 0.15) is 0 Å². The van der Waals surface area contributed by atoms with Crippen LogP contribution in [0.4, 0.5) is 0 Å². The summed E-state index contributed by atoms with van der Waals surface area (Å²) in [5.41, 5.74) is 8.19. The van der Waals surface area contributed by atoms with E-state index in [1.54, 1.807) is 17.5 Å². The Bertz CT molecular complexity index is 509. The number of hydrogen-bond donors (Lipinski definition) is 1. The van der Waals surface area contributed by atoms with Crippen LogP contribution in [0.25, 0.3) is 0 Å². The molecule has 0 bridgehead atoms. The molecule has 2 aromatic rings. The maximum atomic E-state index is 6.25. The van der Waals surface area contributed by atoms with Crippen LogP contribution in [0.1, 0.15) is 30.6 Å². The highest BCUT2D eigenvalue weighted by molar-refractivity contribution is 9.11. The van der Waals surface area contributed by atoms with E-state index in [1.165, 1.54) is 0 Å². The lowest BCUT2D eigenvalue weighted by molar-refractivity contribution is 0.560. The second-order valence-electron chi connectivity index (χ2n) is 3.76. The Morgan fingerprint density at radius 1 is 1.65 bits per heavy atom. The molecule has 0 spiro atoms. The number of aryl methyl sites for hydroxylation is 1. The SMILES string of the molecule is CCCn1ncc(Cl)c1C(N)c1csc(Br)c1. The van der Waals surface area contributed by atoms with Crippen LogP contribution in [-0.4, -0.2) is 9.78 Å². The zero-order valence-electron chi connectivity index (χ0n) is 9.36. The topological polar surface area (TPSA) is 43.8 Å². The molecule has 0 radical (unpaired) electrons. The molecule has 1 atom stereocenters. The van der Waals surface area contributed by atoms with E-state index in [2.05, 4.69) is 28.0 Å². The summed E-state index contributed by atoms with van der Waals surface area (Å²) in [6, 6.07) is 1.80. The maximum absolute atomic E-state index is 6.25. The van der Waals surface area contributed by atoms with Gasteiger partial charge >= 0.3 is 0 Å². The van der Waals surface area contributed by atoms with E-state index in [0.29, 0.717) is 5.02 Å². The number of halogens is 2. The van der Waals surface area contributed by atoms with Crippen molar-refractivity contribution in [3.8, 4) is 0 Å². The van der Waals surface area contributed by atoms with E-state index in [-0.39, 0.29) is 6.04 Å². The lowest BCUT2D eigenvalue weighted by Gasteiger charge is -2.13. The van der Waals surface area contributed by atoms with Crippen molar-refractivity contribution in [1.82, 2.24) is 9.78 Å². The van der Waals surface area contributed by atoms with Gasteiger partial charge in [-0.3, -0.25) is 4.68 Å². The van der Waals surface area contributed by atoms with Gasteiger partial charge in [-0.15, -0.1) is 11.3 Å². The second-order valence-corrected chi connectivity index (χ2v) is 6.46. The summed E-state index contributed by atoms with van der Waals surface area (Å²) in [6.07, 6.45) is 2.67. The first-order chi connectivity index (χ1) is 8.13. The maximum Gasteiger partial charge on any atom is 0.0837 e. The van der Waals surface area contributed by atoms with Gasteiger partial charge in [0.05, 0.1) is 26.7 Å². The minimum absolute atomic E-state index is 0.223. The summed E-state index contributed by atoms with van der Waals surface area (Å²) in [7, 11) is 0. The van der Waals surface area contributed by atoms with E-state index in [1.807, 2.05) is 16.1 Å². The van der Waals surface area contributed by atoms with Gasteiger partial charge in [-0.2, -0.15) is 5.10 Å². The van der Waals surface area contributed by atoms with Crippen molar-refractivity contribution in [2.24, 2.45) is 5.73 Å². The van der Waals surface area contributed by atoms with Crippen LogP contribution < -0.4 is 5.73 Å². The van der Waals surface area contributed by atoms with Crippen molar-refractivity contribution in [3.05, 3.63) is 37.7 Å². The van der Waals surface area contributed by atoms with Crippen LogP contribution in [-0.2, 0) is 6.54 Å². The van der Waals surface area contributed by atoms with Gasteiger partial charge in [-0.25, -0.2) is 0 Å². The molecule has 0 aliphatic rings. The van der Waals surface area contributed by atoms with Gasteiger partial charge in [-0.05, 0) is 39.4 Å². The smallest absolute Gasteiger partial charge is 0.0837 e. The van der Waals surface area contributed by atoms with E-state index in [0.717, 1.165) is 28.0 Å². The van der Waals surface area contributed by atoms with E-state index < -0.39 is 0 Å². The van der Waals surface area contributed by atoms with Crippen LogP contribution >= 0.6 is 38.9 Å². The van der Waals surface area contributed by atoms with Gasteiger partial charge in [0, 0.05) is 6.54 Å². The fourth-order valence-electron chi connectivity index (χ4n) is 1.72. The molecule has 0 aromatic carbocycles. The summed E-state index contributed by atoms with van der Waals surface area (Å²) in [5.74, 6) is 0. The summed E-state index contributed by atoms with van der Waals surface area (Å²) < 4.78 is 2.96. The number of nitrogens with two attached hydrogens (primary N) is 1. The fraction of sp³-hybridized carbons (Fsp3) is 0.364. The molecule has 17 heavy (non-hydrogen) atoms. The van der Waals surface area contributed by atoms with Gasteiger partial charge in [0.15, 0.2) is 0 Å². The number of thiophene rings is 1. The highest BCUT2D eigenvalue weighted by atomic mass is 79.9. The second kappa shape index (κ2) is 5.52. The molecule has 2 N–H and O–H groups in total. The van der Waals surface area contributed by atoms with Gasteiger partial charge in [0.2, 0.25) is 0 Å². The third-order valence-corrected chi connectivity index (χ3v) is 4.32. The molecule has 92 valence electrons. The number of aromatic nitrogens is 2. The molecule has 0 saturated heterocycles. The van der Waals surface area contributed by atoms with E-state index in [9.17, 15) is 0 Å². The average molecular weight is 335 g/mol. The number of hydrogen-bond acceptors (Lipinski definition) is 3. The third-order valence-electron chi connectivity index (χ3n) is 2.51. The predicted molar refractivity (Wildman–Crippen MR) is 75.6 cm³/mol. The van der Waals surface area contributed by atoms with Crippen molar-refractivity contribution in [3.63, 3.8) is 0 Å². The molecule has 2 aromatic heterocycles. The Morgan fingerprint density at radius 3 is 3.00 bits per heavy atom. The third kappa shape index (κ3) is 2.73. The van der Waals surface area contributed by atoms with Gasteiger partial charge < -0.3 is 5.73 Å². The first-order valence-electron chi connectivity index (χ1n) is 5.34. The molecule has 0 saturated carbocycles. The normalized spacial score (nSPS) is 12.9. The van der Waals surface area contributed by atoms with Crippen molar-refractivity contribution in [2.75, 3.05) is 0 Å². The monoisotopic (exact) mass is 333 g/mol. The summed E-state index contributed by atoms with van der Waals surface area (Å²) >= 11 is 11.2. The van der Waals surface area contributed by atoms with Gasteiger partial charge in [-0.1, -0.05) is 18.5 Å². The van der Waals surface area contributed by atoms with Crippen molar-refractivity contribution in [1.29, 1.82) is 0 Å². The summed E-state index contributed by atoms with van der Waals surface area (Å²) in [6.45, 7) is 2.94. The Kier molecular flexibility index (Phi) is 4.25. The van der Waals surface area contributed by atoms with Crippen molar-refractivity contribution in [2.45, 2.75) is 25.9 Å². The van der Waals surface area contributed by atoms with Crippen molar-refractivity contribution < 1.29 is 0 Å². The van der Waals surface area contributed by atoms with E-state index >= 15 is 0 Å². The zero-order valence-corrected chi connectivity index (χ0v) is 12.5. The molecule has 2 heterocycles. The molecule has 1 unspecified atom stereocenters. The Hall–Kier alpha value is -0.360. The van der Waals surface area contributed by atoms with E-state index in [4.69, 9.17) is 17.3 Å². The standard InChI is InChI=1S/C11H13BrClN3S/c1-2-3-16-11(8(13)5-15-16)10(14)7-4-9(12)17-6-7/h4-6,10H,2-3,14H2,1H3. The Morgan fingerprint density at radius 2 is 2.41 bits per heavy atom. The lowest BCUT2D eigenvalue weighted by atomic mass is 10.1. The zero-order chi connectivity index (χ0) is 12.4. The molecular weight excluding hydrogens is 322 g/mol. The quantitative estimate of drug-likeness (QED) is 0.923. The number of rotatable bonds is 4. The van der Waals surface area contributed by atoms with Crippen LogP contribution in [0, 0.1) is 0 Å². The largest absolute Gasteiger partial charge is 0.319 e. The van der Waals surface area contributed by atoms with Gasteiger partial charge in [0.25, 0.3) is 0 Å². The highest BCUT2D eigenvalue weighted by Crippen LogP contribution is 2.31. The molecule has 3 nitrogen and oxygen atoms in total. The molecule has 2 rings (SSSR count). The summed E-state index contributed by atoms with van der Waals surface area (Å²) in [4.78, 5) is 0.